The normalized spacial score (nSPS) is 9.59. The van der Waals surface area contributed by atoms with Crippen molar-refractivity contribution in [1.82, 2.24) is 0 Å². The Morgan fingerprint density at radius 2 is 2.18 bits per heavy atom. The maximum Gasteiger partial charge on any atom is 0.338 e. The third-order valence-corrected chi connectivity index (χ3v) is 3.26. The van der Waals surface area contributed by atoms with E-state index in [0.29, 0.717) is 18.7 Å². The van der Waals surface area contributed by atoms with Crippen molar-refractivity contribution in [1.29, 1.82) is 0 Å². The molecule has 3 nitrogen and oxygen atoms in total. The largest absolute Gasteiger partial charge is 0.462 e. The zero-order valence-corrected chi connectivity index (χ0v) is 12.7. The van der Waals surface area contributed by atoms with Crippen LogP contribution in [0.5, 0.6) is 0 Å². The molecule has 0 unspecified atom stereocenters. The molecule has 17 heavy (non-hydrogen) atoms. The van der Waals surface area contributed by atoms with Crippen LogP contribution in [0, 0.1) is 3.57 Å². The molecule has 0 aromatic heterocycles. The van der Waals surface area contributed by atoms with E-state index in [1.807, 2.05) is 12.1 Å². The number of rotatable bonds is 5. The van der Waals surface area contributed by atoms with Crippen LogP contribution in [0.15, 0.2) is 18.2 Å². The Morgan fingerprint density at radius 3 is 2.76 bits per heavy atom. The fourth-order valence-corrected chi connectivity index (χ4v) is 2.01. The van der Waals surface area contributed by atoms with Crippen molar-refractivity contribution in [2.24, 2.45) is 5.73 Å². The molecule has 0 atom stereocenters. The van der Waals surface area contributed by atoms with Gasteiger partial charge in [-0.3, -0.25) is 0 Å². The Morgan fingerprint density at radius 1 is 1.47 bits per heavy atom. The number of ether oxygens (including phenoxy) is 1. The quantitative estimate of drug-likeness (QED) is 0.641. The summed E-state index contributed by atoms with van der Waals surface area (Å²) in [5.41, 5.74) is 7.26. The number of hydrogen-bond acceptors (Lipinski definition) is 3. The van der Waals surface area contributed by atoms with E-state index in [2.05, 4.69) is 22.6 Å². The molecular weight excluding hydrogens is 352 g/mol. The van der Waals surface area contributed by atoms with Crippen LogP contribution < -0.4 is 5.73 Å². The lowest BCUT2D eigenvalue weighted by molar-refractivity contribution is 0.0526. The molecular formula is C12H17ClINO2. The van der Waals surface area contributed by atoms with Crippen LogP contribution in [0.2, 0.25) is 0 Å². The van der Waals surface area contributed by atoms with Crippen molar-refractivity contribution < 1.29 is 9.53 Å². The molecule has 96 valence electrons. The molecule has 0 spiro atoms. The maximum absolute atomic E-state index is 11.5. The van der Waals surface area contributed by atoms with E-state index in [0.717, 1.165) is 18.4 Å². The number of benzene rings is 1. The number of carbonyl (C=O) groups is 1. The molecule has 0 aliphatic carbocycles. The van der Waals surface area contributed by atoms with E-state index in [9.17, 15) is 4.79 Å². The van der Waals surface area contributed by atoms with Crippen molar-refractivity contribution >= 4 is 41.0 Å². The molecule has 1 aromatic carbocycles. The van der Waals surface area contributed by atoms with E-state index in [1.54, 1.807) is 13.0 Å². The number of carbonyl (C=O) groups excluding carboxylic acids is 1. The SMILES string of the molecule is CCOC(=O)c1ccc(I)c(CCCN)c1.Cl. The van der Waals surface area contributed by atoms with Gasteiger partial charge in [0.25, 0.3) is 0 Å². The Hall–Kier alpha value is -0.330. The number of nitrogens with two attached hydrogens (primary N) is 1. The molecule has 1 aromatic rings. The molecule has 0 bridgehead atoms. The van der Waals surface area contributed by atoms with E-state index in [1.165, 1.54) is 3.57 Å². The Balaban J connectivity index is 0.00000256. The number of hydrogen-bond donors (Lipinski definition) is 1. The number of aryl methyl sites for hydroxylation is 1. The molecule has 0 saturated heterocycles. The molecule has 5 heteroatoms. The average Bonchev–Trinajstić information content (AvgIpc) is 2.28. The number of halogens is 2. The van der Waals surface area contributed by atoms with Gasteiger partial charge in [-0.15, -0.1) is 12.4 Å². The van der Waals surface area contributed by atoms with Gasteiger partial charge in [0.05, 0.1) is 12.2 Å². The maximum atomic E-state index is 11.5. The third kappa shape index (κ3) is 5.23. The molecule has 0 radical (unpaired) electrons. The van der Waals surface area contributed by atoms with Gasteiger partial charge < -0.3 is 10.5 Å². The smallest absolute Gasteiger partial charge is 0.338 e. The fraction of sp³-hybridized carbons (Fsp3) is 0.417. The highest BCUT2D eigenvalue weighted by Gasteiger charge is 2.08. The van der Waals surface area contributed by atoms with Crippen molar-refractivity contribution in [2.45, 2.75) is 19.8 Å². The zero-order chi connectivity index (χ0) is 12.0. The molecule has 0 aliphatic rings. The van der Waals surface area contributed by atoms with Crippen molar-refractivity contribution in [3.63, 3.8) is 0 Å². The molecule has 2 N–H and O–H groups in total. The zero-order valence-electron chi connectivity index (χ0n) is 9.74. The molecule has 0 saturated carbocycles. The lowest BCUT2D eigenvalue weighted by Crippen LogP contribution is -2.07. The summed E-state index contributed by atoms with van der Waals surface area (Å²) in [6.07, 6.45) is 1.84. The minimum absolute atomic E-state index is 0. The van der Waals surface area contributed by atoms with Gasteiger partial charge in [0.2, 0.25) is 0 Å². The van der Waals surface area contributed by atoms with Gasteiger partial charge in [0, 0.05) is 3.57 Å². The van der Waals surface area contributed by atoms with E-state index in [-0.39, 0.29) is 18.4 Å². The predicted octanol–water partition coefficient (Wildman–Crippen LogP) is 2.78. The van der Waals surface area contributed by atoms with Crippen LogP contribution in [0.3, 0.4) is 0 Å². The topological polar surface area (TPSA) is 52.3 Å². The van der Waals surface area contributed by atoms with E-state index >= 15 is 0 Å². The Labute approximate surface area is 122 Å². The molecule has 1 rings (SSSR count). The highest BCUT2D eigenvalue weighted by atomic mass is 127. The van der Waals surface area contributed by atoms with Gasteiger partial charge in [0.1, 0.15) is 0 Å². The van der Waals surface area contributed by atoms with Crippen LogP contribution in [0.4, 0.5) is 0 Å². The van der Waals surface area contributed by atoms with Crippen LogP contribution in [-0.2, 0) is 11.2 Å². The average molecular weight is 370 g/mol. The lowest BCUT2D eigenvalue weighted by Gasteiger charge is -2.07. The van der Waals surface area contributed by atoms with E-state index < -0.39 is 0 Å². The summed E-state index contributed by atoms with van der Waals surface area (Å²) in [5, 5.41) is 0. The third-order valence-electron chi connectivity index (χ3n) is 2.21. The van der Waals surface area contributed by atoms with Crippen molar-refractivity contribution in [3.05, 3.63) is 32.9 Å². The second kappa shape index (κ2) is 8.72. The lowest BCUT2D eigenvalue weighted by atomic mass is 10.1. The first-order valence-electron chi connectivity index (χ1n) is 5.34. The molecule has 0 amide bonds. The van der Waals surface area contributed by atoms with Crippen molar-refractivity contribution in [3.8, 4) is 0 Å². The standard InChI is InChI=1S/C12H16INO2.ClH/c1-2-16-12(15)10-5-6-11(13)9(8-10)4-3-7-14;/h5-6,8H,2-4,7,14H2,1H3;1H. The first kappa shape index (κ1) is 16.7. The summed E-state index contributed by atoms with van der Waals surface area (Å²) < 4.78 is 6.13. The highest BCUT2D eigenvalue weighted by molar-refractivity contribution is 14.1. The fourth-order valence-electron chi connectivity index (χ4n) is 1.40. The van der Waals surface area contributed by atoms with Gasteiger partial charge in [0.15, 0.2) is 0 Å². The van der Waals surface area contributed by atoms with Gasteiger partial charge in [-0.1, -0.05) is 0 Å². The minimum Gasteiger partial charge on any atom is -0.462 e. The van der Waals surface area contributed by atoms with E-state index in [4.69, 9.17) is 10.5 Å². The first-order chi connectivity index (χ1) is 7.69. The summed E-state index contributed by atoms with van der Waals surface area (Å²) in [4.78, 5) is 11.5. The first-order valence-corrected chi connectivity index (χ1v) is 6.42. The van der Waals surface area contributed by atoms with Gasteiger partial charge >= 0.3 is 5.97 Å². The second-order valence-electron chi connectivity index (χ2n) is 3.42. The van der Waals surface area contributed by atoms with Gasteiger partial charge in [-0.05, 0) is 72.7 Å². The minimum atomic E-state index is -0.257. The summed E-state index contributed by atoms with van der Waals surface area (Å²) in [6.45, 7) is 2.88. The van der Waals surface area contributed by atoms with Gasteiger partial charge in [-0.2, -0.15) is 0 Å². The summed E-state index contributed by atoms with van der Waals surface area (Å²) in [5.74, 6) is -0.257. The molecule has 0 fully saturated rings. The van der Waals surface area contributed by atoms with Crippen LogP contribution in [-0.4, -0.2) is 19.1 Å². The molecule has 0 aliphatic heterocycles. The number of esters is 1. The monoisotopic (exact) mass is 369 g/mol. The van der Waals surface area contributed by atoms with Crippen LogP contribution >= 0.6 is 35.0 Å². The summed E-state index contributed by atoms with van der Waals surface area (Å²) in [7, 11) is 0. The van der Waals surface area contributed by atoms with Crippen LogP contribution in [0.1, 0.15) is 29.3 Å². The van der Waals surface area contributed by atoms with Crippen LogP contribution in [0.25, 0.3) is 0 Å². The van der Waals surface area contributed by atoms with Gasteiger partial charge in [-0.25, -0.2) is 4.79 Å². The Kier molecular flexibility index (Phi) is 8.55. The highest BCUT2D eigenvalue weighted by Crippen LogP contribution is 2.16. The summed E-state index contributed by atoms with van der Waals surface area (Å²) in [6, 6.07) is 5.64. The Bertz CT molecular complexity index is 372. The second-order valence-corrected chi connectivity index (χ2v) is 4.58. The molecule has 0 heterocycles. The summed E-state index contributed by atoms with van der Waals surface area (Å²) >= 11 is 2.27. The predicted molar refractivity (Wildman–Crippen MR) is 79.7 cm³/mol. The van der Waals surface area contributed by atoms with Crippen molar-refractivity contribution in [2.75, 3.05) is 13.2 Å².